The van der Waals surface area contributed by atoms with Crippen LogP contribution in [0.1, 0.15) is 45.2 Å². The molecule has 3 aromatic carbocycles. The molecule has 0 aromatic heterocycles. The van der Waals surface area contributed by atoms with E-state index >= 15 is 0 Å². The van der Waals surface area contributed by atoms with Crippen molar-refractivity contribution in [2.45, 2.75) is 11.8 Å². The highest BCUT2D eigenvalue weighted by Crippen LogP contribution is 2.62. The molecule has 6 rings (SSSR count). The van der Waals surface area contributed by atoms with Crippen LogP contribution < -0.4 is 9.47 Å². The van der Waals surface area contributed by atoms with Crippen LogP contribution in [0.3, 0.4) is 0 Å². The lowest BCUT2D eigenvalue weighted by Gasteiger charge is -2.43. The van der Waals surface area contributed by atoms with E-state index in [-0.39, 0.29) is 23.3 Å². The van der Waals surface area contributed by atoms with Crippen LogP contribution in [-0.2, 0) is 0 Å². The molecule has 0 amide bonds. The molecule has 2 atom stereocenters. The van der Waals surface area contributed by atoms with Gasteiger partial charge in [-0.1, -0.05) is 24.3 Å². The molecule has 2 N–H and O–H groups in total. The summed E-state index contributed by atoms with van der Waals surface area (Å²) in [6, 6.07) is 15.1. The van der Waals surface area contributed by atoms with Gasteiger partial charge in [-0.3, -0.25) is 0 Å². The van der Waals surface area contributed by atoms with Crippen LogP contribution in [0.5, 0.6) is 23.0 Å². The van der Waals surface area contributed by atoms with Crippen molar-refractivity contribution < 1.29 is 19.7 Å². The zero-order valence-corrected chi connectivity index (χ0v) is 14.5. The summed E-state index contributed by atoms with van der Waals surface area (Å²) < 4.78 is 11.3. The van der Waals surface area contributed by atoms with Gasteiger partial charge in [0.1, 0.15) is 23.0 Å². The SMILES string of the molecule is COc1cccc2c1C1c3cccc(OC)c3C2c2c(O)ccc(O)c21. The normalized spacial score (nSPS) is 18.7. The number of ether oxygens (including phenoxy) is 2. The summed E-state index contributed by atoms with van der Waals surface area (Å²) in [5.41, 5.74) is 5.78. The van der Waals surface area contributed by atoms with Crippen molar-refractivity contribution in [1.82, 2.24) is 0 Å². The number of hydrogen-bond donors (Lipinski definition) is 2. The number of aromatic hydroxyl groups is 2. The summed E-state index contributed by atoms with van der Waals surface area (Å²) in [4.78, 5) is 0. The lowest BCUT2D eigenvalue weighted by atomic mass is 9.60. The third-order valence-corrected chi connectivity index (χ3v) is 5.66. The first-order chi connectivity index (χ1) is 12.7. The van der Waals surface area contributed by atoms with Crippen molar-refractivity contribution in [3.05, 3.63) is 81.9 Å². The number of rotatable bonds is 2. The van der Waals surface area contributed by atoms with Gasteiger partial charge in [0.05, 0.1) is 14.2 Å². The Kier molecular flexibility index (Phi) is 3.02. The van der Waals surface area contributed by atoms with Crippen LogP contribution in [0.4, 0.5) is 0 Å². The topological polar surface area (TPSA) is 58.9 Å². The van der Waals surface area contributed by atoms with E-state index in [4.69, 9.17) is 9.47 Å². The van der Waals surface area contributed by atoms with Gasteiger partial charge in [-0.25, -0.2) is 0 Å². The van der Waals surface area contributed by atoms with Crippen molar-refractivity contribution in [1.29, 1.82) is 0 Å². The van der Waals surface area contributed by atoms with Crippen LogP contribution in [0, 0.1) is 0 Å². The second kappa shape index (κ2) is 5.18. The molecule has 0 saturated carbocycles. The average Bonchev–Trinajstić information content (AvgIpc) is 2.69. The Morgan fingerprint density at radius 2 is 1.04 bits per heavy atom. The highest BCUT2D eigenvalue weighted by Gasteiger charge is 2.47. The number of methoxy groups -OCH3 is 2. The maximum atomic E-state index is 10.7. The summed E-state index contributed by atoms with van der Waals surface area (Å²) in [6.07, 6.45) is 0. The Balaban J connectivity index is 1.96. The monoisotopic (exact) mass is 346 g/mol. The van der Waals surface area contributed by atoms with Crippen molar-refractivity contribution >= 4 is 0 Å². The molecule has 4 heteroatoms. The third kappa shape index (κ3) is 1.69. The van der Waals surface area contributed by atoms with Gasteiger partial charge in [-0.15, -0.1) is 0 Å². The van der Waals surface area contributed by atoms with E-state index in [0.29, 0.717) is 0 Å². The number of hydrogen-bond acceptors (Lipinski definition) is 4. The molecular weight excluding hydrogens is 328 g/mol. The fraction of sp³-hybridized carbons (Fsp3) is 0.182. The molecule has 3 aromatic rings. The minimum absolute atomic E-state index is 0.192. The van der Waals surface area contributed by atoms with Gasteiger partial charge in [-0.05, 0) is 35.4 Å². The van der Waals surface area contributed by atoms with Gasteiger partial charge in [0.25, 0.3) is 0 Å². The van der Waals surface area contributed by atoms with Crippen LogP contribution in [0.2, 0.25) is 0 Å². The number of phenols is 2. The zero-order valence-electron chi connectivity index (χ0n) is 14.5. The summed E-state index contributed by atoms with van der Waals surface area (Å²) in [7, 11) is 3.32. The lowest BCUT2D eigenvalue weighted by molar-refractivity contribution is 0.394. The number of benzene rings is 3. The van der Waals surface area contributed by atoms with Crippen LogP contribution >= 0.6 is 0 Å². The second-order valence-corrected chi connectivity index (χ2v) is 6.72. The van der Waals surface area contributed by atoms with Crippen molar-refractivity contribution in [2.75, 3.05) is 14.2 Å². The molecule has 26 heavy (non-hydrogen) atoms. The van der Waals surface area contributed by atoms with E-state index in [0.717, 1.165) is 44.9 Å². The highest BCUT2D eigenvalue weighted by molar-refractivity contribution is 5.76. The summed E-state index contributed by atoms with van der Waals surface area (Å²) in [5, 5.41) is 21.3. The van der Waals surface area contributed by atoms with Gasteiger partial charge >= 0.3 is 0 Å². The molecule has 0 saturated heterocycles. The van der Waals surface area contributed by atoms with E-state index in [1.165, 1.54) is 0 Å². The molecule has 0 fully saturated rings. The fourth-order valence-electron chi connectivity index (χ4n) is 4.73. The molecule has 0 aliphatic heterocycles. The van der Waals surface area contributed by atoms with Crippen molar-refractivity contribution in [3.8, 4) is 23.0 Å². The third-order valence-electron chi connectivity index (χ3n) is 5.66. The highest BCUT2D eigenvalue weighted by atomic mass is 16.5. The second-order valence-electron chi connectivity index (χ2n) is 6.72. The van der Waals surface area contributed by atoms with E-state index in [1.807, 2.05) is 24.3 Å². The van der Waals surface area contributed by atoms with Crippen molar-refractivity contribution in [2.24, 2.45) is 0 Å². The van der Waals surface area contributed by atoms with Gasteiger partial charge < -0.3 is 19.7 Å². The first kappa shape index (κ1) is 15.1. The van der Waals surface area contributed by atoms with Gasteiger partial charge in [0.15, 0.2) is 0 Å². The standard InChI is InChI=1S/C22H18O4/c1-25-15-7-3-5-11-17(15)19-12-6-4-8-16(26-2)18(12)20(11)22-14(24)10-9-13(23)21(19)22/h3-10,19-20,23-24H,1-2H3. The Labute approximate surface area is 151 Å². The largest absolute Gasteiger partial charge is 0.508 e. The van der Waals surface area contributed by atoms with Gasteiger partial charge in [-0.2, -0.15) is 0 Å². The predicted octanol–water partition coefficient (Wildman–Crippen LogP) is 4.10. The van der Waals surface area contributed by atoms with E-state index in [1.54, 1.807) is 26.4 Å². The van der Waals surface area contributed by atoms with Crippen LogP contribution in [0.25, 0.3) is 0 Å². The number of phenolic OH excluding ortho intramolecular Hbond substituents is 2. The van der Waals surface area contributed by atoms with E-state index in [2.05, 4.69) is 12.1 Å². The Bertz CT molecular complexity index is 970. The minimum Gasteiger partial charge on any atom is -0.508 e. The van der Waals surface area contributed by atoms with Gasteiger partial charge in [0.2, 0.25) is 0 Å². The maximum absolute atomic E-state index is 10.7. The van der Waals surface area contributed by atoms with E-state index in [9.17, 15) is 10.2 Å². The molecular formula is C22H18O4. The first-order valence-corrected chi connectivity index (χ1v) is 8.55. The summed E-state index contributed by atoms with van der Waals surface area (Å²) in [6.45, 7) is 0. The molecule has 0 radical (unpaired) electrons. The molecule has 3 aliphatic carbocycles. The first-order valence-electron chi connectivity index (χ1n) is 8.55. The fourth-order valence-corrected chi connectivity index (χ4v) is 4.73. The van der Waals surface area contributed by atoms with Crippen LogP contribution in [0.15, 0.2) is 48.5 Å². The maximum Gasteiger partial charge on any atom is 0.123 e. The zero-order chi connectivity index (χ0) is 18.0. The summed E-state index contributed by atoms with van der Waals surface area (Å²) >= 11 is 0. The lowest BCUT2D eigenvalue weighted by Crippen LogP contribution is -2.28. The Morgan fingerprint density at radius 3 is 1.42 bits per heavy atom. The van der Waals surface area contributed by atoms with E-state index < -0.39 is 0 Å². The Morgan fingerprint density at radius 1 is 0.615 bits per heavy atom. The molecule has 0 spiro atoms. The summed E-state index contributed by atoms with van der Waals surface area (Å²) in [5.74, 6) is 1.55. The average molecular weight is 346 g/mol. The molecule has 2 bridgehead atoms. The van der Waals surface area contributed by atoms with Crippen LogP contribution in [-0.4, -0.2) is 24.4 Å². The molecule has 4 nitrogen and oxygen atoms in total. The predicted molar refractivity (Wildman–Crippen MR) is 97.6 cm³/mol. The molecule has 0 heterocycles. The van der Waals surface area contributed by atoms with Gasteiger partial charge in [0, 0.05) is 34.1 Å². The minimum atomic E-state index is -0.210. The molecule has 3 aliphatic rings. The molecule has 2 unspecified atom stereocenters. The quantitative estimate of drug-likeness (QED) is 0.473. The van der Waals surface area contributed by atoms with Crippen molar-refractivity contribution in [3.63, 3.8) is 0 Å². The Hall–Kier alpha value is -3.14. The smallest absolute Gasteiger partial charge is 0.123 e. The molecule has 130 valence electrons.